The van der Waals surface area contributed by atoms with Gasteiger partial charge in [0.2, 0.25) is 6.35 Å². The quantitative estimate of drug-likeness (QED) is 0.493. The van der Waals surface area contributed by atoms with E-state index in [4.69, 9.17) is 26.9 Å². The van der Waals surface area contributed by atoms with Crippen molar-refractivity contribution in [3.8, 4) is 5.75 Å². The van der Waals surface area contributed by atoms with E-state index in [1.807, 2.05) is 19.1 Å². The van der Waals surface area contributed by atoms with Gasteiger partial charge in [0.15, 0.2) is 0 Å². The third kappa shape index (κ3) is 4.34. The van der Waals surface area contributed by atoms with Crippen molar-refractivity contribution < 1.29 is 9.47 Å². The molecule has 7 heteroatoms. The molecule has 1 fully saturated rings. The van der Waals surface area contributed by atoms with Crippen LogP contribution in [0, 0.1) is 0 Å². The van der Waals surface area contributed by atoms with Gasteiger partial charge in [-0.1, -0.05) is 16.8 Å². The Morgan fingerprint density at radius 1 is 1.53 bits per heavy atom. The molecule has 1 aromatic rings. The highest BCUT2D eigenvalue weighted by atomic mass is 35.5. The molecule has 0 radical (unpaired) electrons. The first kappa shape index (κ1) is 14.0. The molecule has 2 rings (SSSR count). The molecule has 0 bridgehead atoms. The van der Waals surface area contributed by atoms with Gasteiger partial charge >= 0.3 is 0 Å². The number of nitrogens with zero attached hydrogens (tertiary/aromatic N) is 2. The van der Waals surface area contributed by atoms with E-state index in [2.05, 4.69) is 15.7 Å². The fraction of sp³-hybridized carbons (Fsp3) is 0.500. The molecule has 0 spiro atoms. The minimum absolute atomic E-state index is 0.0517. The molecule has 19 heavy (non-hydrogen) atoms. The number of hydrogen-bond donors (Lipinski definition) is 2. The maximum absolute atomic E-state index is 5.82. The van der Waals surface area contributed by atoms with Crippen LogP contribution in [-0.4, -0.2) is 25.1 Å². The summed E-state index contributed by atoms with van der Waals surface area (Å²) in [7, 11) is 0. The molecule has 6 nitrogen and oxygen atoms in total. The molecule has 1 aromatic carbocycles. The number of hydrogen-bond acceptors (Lipinski definition) is 5. The zero-order valence-electron chi connectivity index (χ0n) is 10.6. The lowest BCUT2D eigenvalue weighted by atomic mass is 10.1. The van der Waals surface area contributed by atoms with Crippen molar-refractivity contribution in [1.82, 2.24) is 5.32 Å². The number of rotatable bonds is 5. The maximum Gasteiger partial charge on any atom is 0.226 e. The van der Waals surface area contributed by atoms with Gasteiger partial charge in [0.05, 0.1) is 12.7 Å². The Balaban J connectivity index is 1.78. The Labute approximate surface area is 116 Å². The van der Waals surface area contributed by atoms with Crippen LogP contribution in [0.2, 0.25) is 5.02 Å². The second-order valence-corrected chi connectivity index (χ2v) is 4.83. The largest absolute Gasteiger partial charge is 0.491 e. The van der Waals surface area contributed by atoms with Crippen molar-refractivity contribution >= 4 is 11.6 Å². The van der Waals surface area contributed by atoms with Gasteiger partial charge in [0, 0.05) is 17.5 Å². The summed E-state index contributed by atoms with van der Waals surface area (Å²) >= 11 is 5.82. The third-order valence-corrected chi connectivity index (χ3v) is 3.02. The van der Waals surface area contributed by atoms with Crippen LogP contribution in [0.5, 0.6) is 5.75 Å². The van der Waals surface area contributed by atoms with E-state index in [0.29, 0.717) is 11.6 Å². The minimum atomic E-state index is -0.447. The van der Waals surface area contributed by atoms with Crippen LogP contribution in [-0.2, 0) is 4.74 Å². The molecule has 1 heterocycles. The highest BCUT2D eigenvalue weighted by Crippen LogP contribution is 2.19. The fourth-order valence-corrected chi connectivity index (χ4v) is 2.09. The monoisotopic (exact) mass is 284 g/mol. The summed E-state index contributed by atoms with van der Waals surface area (Å²) in [6.07, 6.45) is 0.410. The predicted octanol–water partition coefficient (Wildman–Crippen LogP) is 2.10. The minimum Gasteiger partial charge on any atom is -0.491 e. The number of nitrogens with two attached hydrogens (primary N) is 1. The highest BCUT2D eigenvalue weighted by Gasteiger charge is 2.26. The smallest absolute Gasteiger partial charge is 0.226 e. The van der Waals surface area contributed by atoms with Gasteiger partial charge in [-0.05, 0) is 31.2 Å². The fourth-order valence-electron chi connectivity index (χ4n) is 1.96. The van der Waals surface area contributed by atoms with Crippen LogP contribution < -0.4 is 15.9 Å². The van der Waals surface area contributed by atoms with Crippen molar-refractivity contribution in [3.63, 3.8) is 0 Å². The molecule has 3 N–H and O–H groups in total. The van der Waals surface area contributed by atoms with Gasteiger partial charge in [0.1, 0.15) is 5.75 Å². The molecule has 0 saturated carbocycles. The molecule has 2 unspecified atom stereocenters. The summed E-state index contributed by atoms with van der Waals surface area (Å²) in [6.45, 7) is 2.58. The van der Waals surface area contributed by atoms with E-state index in [-0.39, 0.29) is 12.1 Å². The van der Waals surface area contributed by atoms with Crippen LogP contribution in [0.15, 0.2) is 34.6 Å². The molecule has 0 amide bonds. The molecule has 1 aliphatic heterocycles. The number of ether oxygens (including phenoxy) is 2. The van der Waals surface area contributed by atoms with Crippen LogP contribution in [0.1, 0.15) is 13.3 Å². The number of nitrogens with one attached hydrogen (secondary N) is 1. The molecule has 0 aromatic heterocycles. The van der Waals surface area contributed by atoms with Gasteiger partial charge in [0.25, 0.3) is 0 Å². The summed E-state index contributed by atoms with van der Waals surface area (Å²) in [6, 6.07) is 7.49. The normalized spacial score (nSPS) is 24.7. The van der Waals surface area contributed by atoms with Crippen molar-refractivity contribution in [3.05, 3.63) is 29.3 Å². The van der Waals surface area contributed by atoms with Gasteiger partial charge < -0.3 is 15.3 Å². The first-order valence-corrected chi connectivity index (χ1v) is 6.45. The van der Waals surface area contributed by atoms with Crippen molar-refractivity contribution in [1.29, 1.82) is 0 Å². The average molecular weight is 285 g/mol. The molecule has 104 valence electrons. The van der Waals surface area contributed by atoms with Crippen LogP contribution in [0.3, 0.4) is 0 Å². The molecular weight excluding hydrogens is 268 g/mol. The molecule has 0 aliphatic carbocycles. The first-order chi connectivity index (χ1) is 9.17. The third-order valence-electron chi connectivity index (χ3n) is 2.77. The van der Waals surface area contributed by atoms with Gasteiger partial charge in [-0.25, -0.2) is 0 Å². The van der Waals surface area contributed by atoms with E-state index in [1.54, 1.807) is 12.1 Å². The van der Waals surface area contributed by atoms with Gasteiger partial charge in [-0.2, -0.15) is 0 Å². The first-order valence-electron chi connectivity index (χ1n) is 6.07. The number of benzene rings is 1. The van der Waals surface area contributed by atoms with E-state index >= 15 is 0 Å². The topological polar surface area (TPSA) is 81.2 Å². The second-order valence-electron chi connectivity index (χ2n) is 4.40. The van der Waals surface area contributed by atoms with Gasteiger partial charge in [-0.15, -0.1) is 5.11 Å². The van der Waals surface area contributed by atoms with Crippen molar-refractivity contribution in [2.75, 3.05) is 6.61 Å². The second kappa shape index (κ2) is 6.70. The van der Waals surface area contributed by atoms with Crippen molar-refractivity contribution in [2.45, 2.75) is 31.8 Å². The predicted molar refractivity (Wildman–Crippen MR) is 71.9 cm³/mol. The molecule has 1 saturated heterocycles. The molecular formula is C12H17ClN4O2. The Hall–Kier alpha value is -1.37. The lowest BCUT2D eigenvalue weighted by molar-refractivity contribution is 0.0997. The van der Waals surface area contributed by atoms with E-state index < -0.39 is 6.35 Å². The molecule has 1 aliphatic rings. The maximum atomic E-state index is 5.82. The summed E-state index contributed by atoms with van der Waals surface area (Å²) in [5.74, 6) is 5.77. The lowest BCUT2D eigenvalue weighted by Crippen LogP contribution is -2.33. The summed E-state index contributed by atoms with van der Waals surface area (Å²) in [5.41, 5.74) is 0. The Morgan fingerprint density at radius 3 is 2.95 bits per heavy atom. The van der Waals surface area contributed by atoms with E-state index in [0.717, 1.165) is 12.2 Å². The summed E-state index contributed by atoms with van der Waals surface area (Å²) < 4.78 is 11.1. The average Bonchev–Trinajstić information content (AvgIpc) is 2.80. The summed E-state index contributed by atoms with van der Waals surface area (Å²) in [5, 5.41) is 10.7. The zero-order chi connectivity index (χ0) is 13.7. The van der Waals surface area contributed by atoms with E-state index in [9.17, 15) is 0 Å². The Kier molecular flexibility index (Phi) is 4.95. The standard InChI is InChI=1S/C12H17ClN4O2/c1-8(19-11-4-2-9(13)3-5-11)6-10-7-18-12(15-10)16-17-14/h2-5,8,10,12,15H,6-7H2,1H3,(H2,14,16)/t8?,10-,12?/m0/s1. The van der Waals surface area contributed by atoms with Crippen LogP contribution >= 0.6 is 11.6 Å². The number of halogens is 1. The van der Waals surface area contributed by atoms with Crippen LogP contribution in [0.4, 0.5) is 0 Å². The van der Waals surface area contributed by atoms with Crippen LogP contribution in [0.25, 0.3) is 0 Å². The van der Waals surface area contributed by atoms with Gasteiger partial charge in [-0.3, -0.25) is 5.32 Å². The lowest BCUT2D eigenvalue weighted by Gasteiger charge is -2.18. The highest BCUT2D eigenvalue weighted by molar-refractivity contribution is 6.30. The Bertz CT molecular complexity index is 426. The van der Waals surface area contributed by atoms with E-state index in [1.165, 1.54) is 0 Å². The molecule has 3 atom stereocenters. The summed E-state index contributed by atoms with van der Waals surface area (Å²) in [4.78, 5) is 0. The zero-order valence-corrected chi connectivity index (χ0v) is 11.4. The Morgan fingerprint density at radius 2 is 2.26 bits per heavy atom. The SMILES string of the molecule is CC(C[C@H]1COC(N=NN)N1)Oc1ccc(Cl)cc1. The van der Waals surface area contributed by atoms with Crippen molar-refractivity contribution in [2.24, 2.45) is 16.2 Å².